The first kappa shape index (κ1) is 25.8. The number of hydrogen-bond donors (Lipinski definition) is 1. The number of nitrogens with zero attached hydrogens (tertiary/aromatic N) is 3. The van der Waals surface area contributed by atoms with Crippen molar-refractivity contribution in [2.24, 2.45) is 0 Å². The number of nitrogens with one attached hydrogen (secondary N) is 1. The maximum absolute atomic E-state index is 11.8. The number of ether oxygens (including phenoxy) is 1. The number of carbonyl (C=O) groups excluding carboxylic acids is 2. The molecule has 7 nitrogen and oxygen atoms in total. The largest absolute Gasteiger partial charge is 0.492 e. The molecule has 0 aliphatic carbocycles. The highest BCUT2D eigenvalue weighted by Crippen LogP contribution is 2.36. The Balaban J connectivity index is 1.29. The average Bonchev–Trinajstić information content (AvgIpc) is 3.26. The molecular weight excluding hydrogens is 520 g/mol. The van der Waals surface area contributed by atoms with Gasteiger partial charge in [0.25, 0.3) is 5.24 Å². The van der Waals surface area contributed by atoms with E-state index in [4.69, 9.17) is 21.3 Å². The van der Waals surface area contributed by atoms with Crippen molar-refractivity contribution in [2.45, 2.75) is 11.7 Å². The Morgan fingerprint density at radius 3 is 2.21 bits per heavy atom. The molecule has 1 N–H and O–H groups in total. The van der Waals surface area contributed by atoms with Crippen molar-refractivity contribution in [2.75, 3.05) is 25.1 Å². The van der Waals surface area contributed by atoms with Gasteiger partial charge in [-0.15, -0.1) is 0 Å². The molecule has 1 fully saturated rings. The van der Waals surface area contributed by atoms with Crippen molar-refractivity contribution in [3.8, 4) is 28.3 Å². The fraction of sp³-hybridized carbons (Fsp3) is 0.172. The van der Waals surface area contributed by atoms with E-state index in [0.29, 0.717) is 30.5 Å². The molecule has 4 aromatic rings. The molecule has 1 aliphatic heterocycles. The molecule has 38 heavy (non-hydrogen) atoms. The number of imide groups is 1. The fourth-order valence-electron chi connectivity index (χ4n) is 4.14. The van der Waals surface area contributed by atoms with Crippen molar-refractivity contribution < 1.29 is 14.3 Å². The van der Waals surface area contributed by atoms with E-state index in [2.05, 4.69) is 10.3 Å². The van der Waals surface area contributed by atoms with Gasteiger partial charge >= 0.3 is 0 Å². The number of carbonyl (C=O) groups is 2. The summed E-state index contributed by atoms with van der Waals surface area (Å²) >= 11 is 7.76. The minimum atomic E-state index is -0.387. The first-order chi connectivity index (χ1) is 18.5. The zero-order chi connectivity index (χ0) is 26.5. The Morgan fingerprint density at radius 2 is 1.58 bits per heavy atom. The molecule has 192 valence electrons. The Morgan fingerprint density at radius 1 is 0.921 bits per heavy atom. The number of thioether (sulfide) groups is 1. The van der Waals surface area contributed by atoms with Crippen LogP contribution in [0.3, 0.4) is 0 Å². The smallest absolute Gasteiger partial charge is 0.286 e. The highest BCUT2D eigenvalue weighted by molar-refractivity contribution is 8.15. The van der Waals surface area contributed by atoms with Crippen LogP contribution in [0.15, 0.2) is 84.9 Å². The van der Waals surface area contributed by atoms with Gasteiger partial charge in [0.15, 0.2) is 5.82 Å². The molecular formula is C29H25ClN4O3S. The lowest BCUT2D eigenvalue weighted by Gasteiger charge is -2.23. The van der Waals surface area contributed by atoms with Gasteiger partial charge in [-0.25, -0.2) is 9.97 Å². The van der Waals surface area contributed by atoms with Crippen LogP contribution < -0.4 is 15.0 Å². The molecule has 1 aliphatic rings. The molecule has 1 aromatic heterocycles. The summed E-state index contributed by atoms with van der Waals surface area (Å²) in [5.74, 6) is 1.76. The van der Waals surface area contributed by atoms with Gasteiger partial charge in [-0.3, -0.25) is 14.9 Å². The molecule has 3 aromatic carbocycles. The minimum absolute atomic E-state index is 0.238. The lowest BCUT2D eigenvalue weighted by atomic mass is 10.1. The molecule has 1 saturated heterocycles. The standard InChI is InChI=1S/C29H25ClN4O3S/c1-34(16-17-37-22-14-12-19(13-15-22)18-23-28(35)33-29(36)38-23)27-24(20-8-4-2-5-9-20)25(30)31-26(32-27)21-10-6-3-7-11-21/h2-15,23H,16-18H2,1H3,(H,33,35,36). The number of rotatable bonds is 9. The minimum Gasteiger partial charge on any atom is -0.492 e. The van der Waals surface area contributed by atoms with Crippen LogP contribution in [0.4, 0.5) is 10.6 Å². The van der Waals surface area contributed by atoms with E-state index < -0.39 is 0 Å². The van der Waals surface area contributed by atoms with Crippen LogP contribution >= 0.6 is 23.4 Å². The fourth-order valence-corrected chi connectivity index (χ4v) is 5.27. The van der Waals surface area contributed by atoms with Crippen LogP contribution in [0.1, 0.15) is 5.56 Å². The molecule has 1 atom stereocenters. The van der Waals surface area contributed by atoms with Crippen LogP contribution in [0, 0.1) is 0 Å². The highest BCUT2D eigenvalue weighted by atomic mass is 35.5. The van der Waals surface area contributed by atoms with E-state index in [1.54, 1.807) is 0 Å². The predicted molar refractivity (Wildman–Crippen MR) is 152 cm³/mol. The number of anilines is 1. The zero-order valence-electron chi connectivity index (χ0n) is 20.6. The molecule has 2 heterocycles. The van der Waals surface area contributed by atoms with Crippen molar-refractivity contribution in [3.05, 3.63) is 95.6 Å². The molecule has 2 amide bonds. The first-order valence-electron chi connectivity index (χ1n) is 12.1. The summed E-state index contributed by atoms with van der Waals surface area (Å²) in [4.78, 5) is 34.7. The second-order valence-corrected chi connectivity index (χ2v) is 10.3. The van der Waals surface area contributed by atoms with E-state index in [1.807, 2.05) is 96.9 Å². The zero-order valence-corrected chi connectivity index (χ0v) is 22.2. The summed E-state index contributed by atoms with van der Waals surface area (Å²) in [5, 5.41) is 2.03. The van der Waals surface area contributed by atoms with E-state index >= 15 is 0 Å². The number of benzene rings is 3. The number of hydrogen-bond acceptors (Lipinski definition) is 7. The van der Waals surface area contributed by atoms with Crippen molar-refractivity contribution >= 4 is 40.3 Å². The molecule has 0 spiro atoms. The Bertz CT molecular complexity index is 1440. The summed E-state index contributed by atoms with van der Waals surface area (Å²) in [5.41, 5.74) is 3.56. The third kappa shape index (κ3) is 5.98. The second kappa shape index (κ2) is 11.7. The van der Waals surface area contributed by atoms with E-state index in [1.165, 1.54) is 0 Å². The molecule has 5 rings (SSSR count). The van der Waals surface area contributed by atoms with Gasteiger partial charge in [-0.2, -0.15) is 0 Å². The topological polar surface area (TPSA) is 84.4 Å². The summed E-state index contributed by atoms with van der Waals surface area (Å²) in [6, 6.07) is 27.2. The normalized spacial score (nSPS) is 14.8. The predicted octanol–water partition coefficient (Wildman–Crippen LogP) is 5.87. The average molecular weight is 545 g/mol. The van der Waals surface area contributed by atoms with Crippen LogP contribution in [0.5, 0.6) is 5.75 Å². The lowest BCUT2D eigenvalue weighted by Crippen LogP contribution is -2.26. The maximum atomic E-state index is 11.8. The van der Waals surface area contributed by atoms with Gasteiger partial charge in [0, 0.05) is 12.6 Å². The SMILES string of the molecule is CN(CCOc1ccc(CC2SC(=O)NC2=O)cc1)c1nc(-c2ccccc2)nc(Cl)c1-c1ccccc1. The van der Waals surface area contributed by atoms with E-state index in [-0.39, 0.29) is 16.4 Å². The van der Waals surface area contributed by atoms with Crippen LogP contribution in [0.25, 0.3) is 22.5 Å². The van der Waals surface area contributed by atoms with Crippen molar-refractivity contribution in [3.63, 3.8) is 0 Å². The third-order valence-corrected chi connectivity index (χ3v) is 7.36. The van der Waals surface area contributed by atoms with Gasteiger partial charge in [0.05, 0.1) is 17.4 Å². The maximum Gasteiger partial charge on any atom is 0.286 e. The number of likely N-dealkylation sites (N-methyl/N-ethyl adjacent to an activating group) is 1. The first-order valence-corrected chi connectivity index (χ1v) is 13.4. The van der Waals surface area contributed by atoms with Crippen LogP contribution in [0.2, 0.25) is 5.15 Å². The van der Waals surface area contributed by atoms with E-state index in [9.17, 15) is 9.59 Å². The monoisotopic (exact) mass is 544 g/mol. The van der Waals surface area contributed by atoms with Crippen molar-refractivity contribution in [1.29, 1.82) is 0 Å². The van der Waals surface area contributed by atoms with Gasteiger partial charge < -0.3 is 9.64 Å². The molecule has 0 radical (unpaired) electrons. The number of amides is 2. The quantitative estimate of drug-likeness (QED) is 0.264. The molecule has 0 saturated carbocycles. The summed E-state index contributed by atoms with van der Waals surface area (Å²) in [6.45, 7) is 0.978. The summed E-state index contributed by atoms with van der Waals surface area (Å²) < 4.78 is 6.00. The number of halogens is 1. The Labute approximate surface area is 230 Å². The van der Waals surface area contributed by atoms with Gasteiger partial charge in [-0.05, 0) is 29.7 Å². The van der Waals surface area contributed by atoms with Gasteiger partial charge in [0.1, 0.15) is 23.3 Å². The Hall–Kier alpha value is -3.88. The summed E-state index contributed by atoms with van der Waals surface area (Å²) in [7, 11) is 1.96. The molecule has 9 heteroatoms. The van der Waals surface area contributed by atoms with Gasteiger partial charge in [-0.1, -0.05) is 96.2 Å². The molecule has 1 unspecified atom stereocenters. The number of aromatic nitrogens is 2. The van der Waals surface area contributed by atoms with E-state index in [0.717, 1.165) is 45.6 Å². The third-order valence-electron chi connectivity index (χ3n) is 6.11. The van der Waals surface area contributed by atoms with Crippen LogP contribution in [-0.4, -0.2) is 46.6 Å². The van der Waals surface area contributed by atoms with Crippen LogP contribution in [-0.2, 0) is 11.2 Å². The Kier molecular flexibility index (Phi) is 7.91. The van der Waals surface area contributed by atoms with Crippen molar-refractivity contribution in [1.82, 2.24) is 15.3 Å². The molecule has 0 bridgehead atoms. The highest BCUT2D eigenvalue weighted by Gasteiger charge is 2.31. The second-order valence-electron chi connectivity index (χ2n) is 8.77. The summed E-state index contributed by atoms with van der Waals surface area (Å²) in [6.07, 6.45) is 0.492. The lowest BCUT2D eigenvalue weighted by molar-refractivity contribution is -0.118. The van der Waals surface area contributed by atoms with Gasteiger partial charge in [0.2, 0.25) is 5.91 Å².